The van der Waals surface area contributed by atoms with Gasteiger partial charge in [0.25, 0.3) is 0 Å². The van der Waals surface area contributed by atoms with E-state index in [1.807, 2.05) is 30.3 Å². The molecule has 0 saturated carbocycles. The Labute approximate surface area is 168 Å². The van der Waals surface area contributed by atoms with Crippen LogP contribution in [0.25, 0.3) is 0 Å². The van der Waals surface area contributed by atoms with Gasteiger partial charge in [-0.1, -0.05) is 25.1 Å². The van der Waals surface area contributed by atoms with E-state index in [0.29, 0.717) is 35.3 Å². The maximum Gasteiger partial charge on any atom is 0.341 e. The van der Waals surface area contributed by atoms with Gasteiger partial charge >= 0.3 is 5.97 Å². The number of hydrogen-bond donors (Lipinski definition) is 1. The van der Waals surface area contributed by atoms with Crippen LogP contribution in [0.2, 0.25) is 0 Å². The van der Waals surface area contributed by atoms with E-state index in [2.05, 4.69) is 12.2 Å². The van der Waals surface area contributed by atoms with Crippen LogP contribution >= 0.6 is 23.1 Å². The molecule has 1 amide bonds. The summed E-state index contributed by atoms with van der Waals surface area (Å²) < 4.78 is 5.25. The topological polar surface area (TPSA) is 55.4 Å². The summed E-state index contributed by atoms with van der Waals surface area (Å²) in [5.74, 6) is 0.929. The number of thiophene rings is 1. The normalized spacial score (nSPS) is 15.9. The lowest BCUT2D eigenvalue weighted by atomic mass is 9.88. The van der Waals surface area contributed by atoms with Crippen LogP contribution in [-0.2, 0) is 22.4 Å². The zero-order chi connectivity index (χ0) is 19.2. The van der Waals surface area contributed by atoms with Crippen molar-refractivity contribution < 1.29 is 14.3 Å². The smallest absolute Gasteiger partial charge is 0.341 e. The number of thioether (sulfide) groups is 1. The Morgan fingerprint density at radius 1 is 1.30 bits per heavy atom. The van der Waals surface area contributed by atoms with E-state index in [-0.39, 0.29) is 11.9 Å². The molecule has 144 valence electrons. The number of amides is 1. The van der Waals surface area contributed by atoms with Crippen LogP contribution < -0.4 is 5.32 Å². The van der Waals surface area contributed by atoms with Gasteiger partial charge in [-0.3, -0.25) is 4.79 Å². The van der Waals surface area contributed by atoms with E-state index in [1.165, 1.54) is 16.2 Å². The average molecular weight is 404 g/mol. The summed E-state index contributed by atoms with van der Waals surface area (Å²) in [6.45, 7) is 4.37. The van der Waals surface area contributed by atoms with Gasteiger partial charge in [0.05, 0.1) is 12.2 Å². The third kappa shape index (κ3) is 5.14. The maximum absolute atomic E-state index is 12.5. The molecule has 3 rings (SSSR count). The first-order valence-electron chi connectivity index (χ1n) is 9.37. The summed E-state index contributed by atoms with van der Waals surface area (Å²) in [6, 6.07) is 10.0. The molecule has 1 atom stereocenters. The minimum Gasteiger partial charge on any atom is -0.462 e. The number of fused-ring (bicyclic) bond motifs is 1. The number of rotatable bonds is 7. The SMILES string of the molecule is CCOC(=O)c1c(NC(=O)CCSc2ccccc2)sc2c1CCC(C)C2. The third-order valence-corrected chi connectivity index (χ3v) is 6.77. The largest absolute Gasteiger partial charge is 0.462 e. The van der Waals surface area contributed by atoms with Crippen molar-refractivity contribution in [1.82, 2.24) is 0 Å². The van der Waals surface area contributed by atoms with Crippen LogP contribution in [-0.4, -0.2) is 24.2 Å². The lowest BCUT2D eigenvalue weighted by molar-refractivity contribution is -0.115. The second-order valence-electron chi connectivity index (χ2n) is 6.74. The predicted molar refractivity (Wildman–Crippen MR) is 112 cm³/mol. The molecule has 4 nitrogen and oxygen atoms in total. The van der Waals surface area contributed by atoms with Crippen LogP contribution in [0.15, 0.2) is 35.2 Å². The lowest BCUT2D eigenvalue weighted by Gasteiger charge is -2.18. The molecule has 0 aliphatic heterocycles. The van der Waals surface area contributed by atoms with E-state index < -0.39 is 0 Å². The molecule has 1 aromatic carbocycles. The molecule has 1 aliphatic carbocycles. The first-order valence-corrected chi connectivity index (χ1v) is 11.2. The van der Waals surface area contributed by atoms with Gasteiger partial charge < -0.3 is 10.1 Å². The molecule has 1 heterocycles. The number of carbonyl (C=O) groups is 2. The van der Waals surface area contributed by atoms with Gasteiger partial charge in [0, 0.05) is 21.9 Å². The van der Waals surface area contributed by atoms with E-state index in [4.69, 9.17) is 4.74 Å². The number of carbonyl (C=O) groups excluding carboxylic acids is 2. The Balaban J connectivity index is 1.67. The van der Waals surface area contributed by atoms with Crippen molar-refractivity contribution in [3.8, 4) is 0 Å². The van der Waals surface area contributed by atoms with Crippen molar-refractivity contribution in [2.45, 2.75) is 44.4 Å². The number of benzene rings is 1. The molecule has 1 N–H and O–H groups in total. The van der Waals surface area contributed by atoms with Crippen LogP contribution in [0.4, 0.5) is 5.00 Å². The minimum absolute atomic E-state index is 0.0596. The fourth-order valence-electron chi connectivity index (χ4n) is 3.23. The van der Waals surface area contributed by atoms with E-state index in [9.17, 15) is 9.59 Å². The third-order valence-electron chi connectivity index (χ3n) is 4.59. The van der Waals surface area contributed by atoms with Gasteiger partial charge in [0.1, 0.15) is 5.00 Å². The monoisotopic (exact) mass is 403 g/mol. The zero-order valence-electron chi connectivity index (χ0n) is 15.7. The Kier molecular flexibility index (Phi) is 6.96. The van der Waals surface area contributed by atoms with Gasteiger partial charge in [0.2, 0.25) is 5.91 Å². The van der Waals surface area contributed by atoms with E-state index >= 15 is 0 Å². The van der Waals surface area contributed by atoms with Crippen molar-refractivity contribution in [3.63, 3.8) is 0 Å². The standard InChI is InChI=1S/C21H25NO3S2/c1-3-25-21(24)19-16-10-9-14(2)13-17(16)27-20(19)22-18(23)11-12-26-15-7-5-4-6-8-15/h4-8,14H,3,9-13H2,1-2H3,(H,22,23). The maximum atomic E-state index is 12.5. The molecule has 0 bridgehead atoms. The average Bonchev–Trinajstić information content (AvgIpc) is 2.99. The molecular weight excluding hydrogens is 378 g/mol. The number of anilines is 1. The quantitative estimate of drug-likeness (QED) is 0.512. The molecule has 2 aromatic rings. The second kappa shape index (κ2) is 9.42. The minimum atomic E-state index is -0.321. The van der Waals surface area contributed by atoms with E-state index in [0.717, 1.165) is 29.7 Å². The first-order chi connectivity index (χ1) is 13.1. The molecule has 1 aromatic heterocycles. The summed E-state index contributed by atoms with van der Waals surface area (Å²) in [7, 11) is 0. The predicted octanol–water partition coefficient (Wildman–Crippen LogP) is 5.17. The fraction of sp³-hybridized carbons (Fsp3) is 0.429. The molecule has 0 saturated heterocycles. The molecule has 1 aliphatic rings. The number of esters is 1. The van der Waals surface area contributed by atoms with Gasteiger partial charge in [-0.25, -0.2) is 4.79 Å². The summed E-state index contributed by atoms with van der Waals surface area (Å²) in [6.07, 6.45) is 3.31. The molecular formula is C21H25NO3S2. The van der Waals surface area contributed by atoms with Crippen LogP contribution in [0, 0.1) is 5.92 Å². The van der Waals surface area contributed by atoms with Crippen LogP contribution in [0.3, 0.4) is 0 Å². The molecule has 0 fully saturated rings. The Hall–Kier alpha value is -1.79. The number of nitrogens with one attached hydrogen (secondary N) is 1. The highest BCUT2D eigenvalue weighted by Crippen LogP contribution is 2.40. The van der Waals surface area contributed by atoms with Crippen LogP contribution in [0.5, 0.6) is 0 Å². The van der Waals surface area contributed by atoms with Crippen LogP contribution in [0.1, 0.15) is 47.5 Å². The highest BCUT2D eigenvalue weighted by molar-refractivity contribution is 7.99. The zero-order valence-corrected chi connectivity index (χ0v) is 17.4. The molecule has 1 unspecified atom stereocenters. The highest BCUT2D eigenvalue weighted by atomic mass is 32.2. The van der Waals surface area contributed by atoms with Crippen molar-refractivity contribution in [1.29, 1.82) is 0 Å². The molecule has 0 radical (unpaired) electrons. The summed E-state index contributed by atoms with van der Waals surface area (Å²) in [5.41, 5.74) is 1.65. The lowest BCUT2D eigenvalue weighted by Crippen LogP contribution is -2.16. The van der Waals surface area contributed by atoms with Crippen molar-refractivity contribution >= 4 is 40.0 Å². The molecule has 6 heteroatoms. The summed E-state index contributed by atoms with van der Waals surface area (Å²) >= 11 is 3.20. The molecule has 27 heavy (non-hydrogen) atoms. The summed E-state index contributed by atoms with van der Waals surface area (Å²) in [5, 5.41) is 3.63. The van der Waals surface area contributed by atoms with Gasteiger partial charge in [0.15, 0.2) is 0 Å². The second-order valence-corrected chi connectivity index (χ2v) is 9.01. The fourth-order valence-corrected chi connectivity index (χ4v) is 5.51. The number of ether oxygens (including phenoxy) is 1. The molecule has 0 spiro atoms. The van der Waals surface area contributed by atoms with Crippen molar-refractivity contribution in [2.75, 3.05) is 17.7 Å². The Morgan fingerprint density at radius 2 is 2.07 bits per heavy atom. The van der Waals surface area contributed by atoms with Gasteiger partial charge in [-0.15, -0.1) is 23.1 Å². The van der Waals surface area contributed by atoms with Crippen molar-refractivity contribution in [2.24, 2.45) is 5.92 Å². The highest BCUT2D eigenvalue weighted by Gasteiger charge is 2.29. The van der Waals surface area contributed by atoms with Crippen molar-refractivity contribution in [3.05, 3.63) is 46.3 Å². The van der Waals surface area contributed by atoms with E-state index in [1.54, 1.807) is 18.7 Å². The van der Waals surface area contributed by atoms with Gasteiger partial charge in [-0.2, -0.15) is 0 Å². The summed E-state index contributed by atoms with van der Waals surface area (Å²) in [4.78, 5) is 27.3. The first kappa shape index (κ1) is 20.0. The number of hydrogen-bond acceptors (Lipinski definition) is 5. The Morgan fingerprint density at radius 3 is 2.81 bits per heavy atom. The van der Waals surface area contributed by atoms with Gasteiger partial charge in [-0.05, 0) is 49.8 Å². The Bertz CT molecular complexity index is 801.